The van der Waals surface area contributed by atoms with Gasteiger partial charge in [0.15, 0.2) is 5.76 Å². The van der Waals surface area contributed by atoms with Gasteiger partial charge in [-0.2, -0.15) is 0 Å². The van der Waals surface area contributed by atoms with Gasteiger partial charge in [-0.1, -0.05) is 19.0 Å². The molecule has 4 heteroatoms. The van der Waals surface area contributed by atoms with Crippen molar-refractivity contribution in [3.05, 3.63) is 36.0 Å². The summed E-state index contributed by atoms with van der Waals surface area (Å²) in [5.41, 5.74) is 1.93. The van der Waals surface area contributed by atoms with E-state index in [1.807, 2.05) is 30.3 Å². The SMILES string of the molecule is CCNCc1cc(-c2ccc(OC(C)CC)cc2)on1. The molecule has 0 amide bonds. The Kier molecular flexibility index (Phi) is 5.18. The van der Waals surface area contributed by atoms with E-state index in [2.05, 4.69) is 31.2 Å². The zero-order valence-corrected chi connectivity index (χ0v) is 12.3. The van der Waals surface area contributed by atoms with Crippen molar-refractivity contribution in [3.8, 4) is 17.1 Å². The maximum absolute atomic E-state index is 5.76. The third-order valence-corrected chi connectivity index (χ3v) is 3.17. The summed E-state index contributed by atoms with van der Waals surface area (Å²) in [4.78, 5) is 0. The summed E-state index contributed by atoms with van der Waals surface area (Å²) in [6, 6.07) is 9.89. The van der Waals surface area contributed by atoms with Crippen molar-refractivity contribution in [2.24, 2.45) is 0 Å². The van der Waals surface area contributed by atoms with E-state index in [1.54, 1.807) is 0 Å². The topological polar surface area (TPSA) is 47.3 Å². The van der Waals surface area contributed by atoms with Crippen molar-refractivity contribution in [3.63, 3.8) is 0 Å². The lowest BCUT2D eigenvalue weighted by atomic mass is 10.1. The maximum atomic E-state index is 5.76. The number of ether oxygens (including phenoxy) is 1. The third-order valence-electron chi connectivity index (χ3n) is 3.17. The molecule has 1 atom stereocenters. The van der Waals surface area contributed by atoms with E-state index in [4.69, 9.17) is 9.26 Å². The van der Waals surface area contributed by atoms with Crippen LogP contribution in [0.1, 0.15) is 32.9 Å². The molecule has 20 heavy (non-hydrogen) atoms. The van der Waals surface area contributed by atoms with E-state index in [1.165, 1.54) is 0 Å². The molecule has 108 valence electrons. The van der Waals surface area contributed by atoms with E-state index in [0.717, 1.165) is 42.3 Å². The van der Waals surface area contributed by atoms with Crippen LogP contribution in [0.5, 0.6) is 5.75 Å². The van der Waals surface area contributed by atoms with Crippen LogP contribution < -0.4 is 10.1 Å². The maximum Gasteiger partial charge on any atom is 0.167 e. The van der Waals surface area contributed by atoms with Gasteiger partial charge in [-0.15, -0.1) is 0 Å². The molecule has 0 saturated carbocycles. The highest BCUT2D eigenvalue weighted by molar-refractivity contribution is 5.58. The van der Waals surface area contributed by atoms with Gasteiger partial charge in [0.25, 0.3) is 0 Å². The van der Waals surface area contributed by atoms with Crippen LogP contribution in [-0.2, 0) is 6.54 Å². The van der Waals surface area contributed by atoms with Crippen LogP contribution in [0, 0.1) is 0 Å². The van der Waals surface area contributed by atoms with E-state index in [9.17, 15) is 0 Å². The molecule has 0 aliphatic heterocycles. The second-order valence-electron chi connectivity index (χ2n) is 4.82. The average molecular weight is 274 g/mol. The largest absolute Gasteiger partial charge is 0.491 e. The molecule has 2 aromatic rings. The monoisotopic (exact) mass is 274 g/mol. The Labute approximate surface area is 120 Å². The Bertz CT molecular complexity index is 520. The molecule has 0 aliphatic rings. The van der Waals surface area contributed by atoms with Crippen LogP contribution in [0.25, 0.3) is 11.3 Å². The molecule has 1 heterocycles. The van der Waals surface area contributed by atoms with Crippen molar-refractivity contribution in [1.29, 1.82) is 0 Å². The van der Waals surface area contributed by atoms with Crippen molar-refractivity contribution in [2.75, 3.05) is 6.54 Å². The standard InChI is InChI=1S/C16H22N2O2/c1-4-12(3)19-15-8-6-13(7-9-15)16-10-14(18-20-16)11-17-5-2/h6-10,12,17H,4-5,11H2,1-3H3. The first-order valence-corrected chi connectivity index (χ1v) is 7.16. The molecule has 0 spiro atoms. The summed E-state index contributed by atoms with van der Waals surface area (Å²) in [6.07, 6.45) is 1.23. The molecule has 4 nitrogen and oxygen atoms in total. The van der Waals surface area contributed by atoms with Gasteiger partial charge in [-0.3, -0.25) is 0 Å². The second kappa shape index (κ2) is 7.10. The summed E-state index contributed by atoms with van der Waals surface area (Å²) < 4.78 is 11.1. The fourth-order valence-electron chi connectivity index (χ4n) is 1.80. The predicted molar refractivity (Wildman–Crippen MR) is 79.7 cm³/mol. The van der Waals surface area contributed by atoms with E-state index in [0.29, 0.717) is 0 Å². The van der Waals surface area contributed by atoms with Crippen molar-refractivity contribution in [2.45, 2.75) is 39.8 Å². The number of rotatable bonds is 7. The first kappa shape index (κ1) is 14.6. The fourth-order valence-corrected chi connectivity index (χ4v) is 1.80. The summed E-state index contributed by atoms with van der Waals surface area (Å²) >= 11 is 0. The lowest BCUT2D eigenvalue weighted by Gasteiger charge is -2.12. The minimum atomic E-state index is 0.234. The number of hydrogen-bond acceptors (Lipinski definition) is 4. The number of nitrogens with zero attached hydrogens (tertiary/aromatic N) is 1. The fraction of sp³-hybridized carbons (Fsp3) is 0.438. The van der Waals surface area contributed by atoms with Gasteiger partial charge >= 0.3 is 0 Å². The van der Waals surface area contributed by atoms with Crippen molar-refractivity contribution < 1.29 is 9.26 Å². The van der Waals surface area contributed by atoms with Gasteiger partial charge in [0, 0.05) is 18.2 Å². The van der Waals surface area contributed by atoms with Gasteiger partial charge in [0.2, 0.25) is 0 Å². The third kappa shape index (κ3) is 3.84. The summed E-state index contributed by atoms with van der Waals surface area (Å²) in [6.45, 7) is 7.90. The normalized spacial score (nSPS) is 12.3. The molecule has 0 bridgehead atoms. The Hall–Kier alpha value is -1.81. The van der Waals surface area contributed by atoms with Crippen molar-refractivity contribution >= 4 is 0 Å². The Morgan fingerprint density at radius 2 is 2.00 bits per heavy atom. The highest BCUT2D eigenvalue weighted by Gasteiger charge is 2.07. The summed E-state index contributed by atoms with van der Waals surface area (Å²) in [7, 11) is 0. The van der Waals surface area contributed by atoms with Gasteiger partial charge in [0.05, 0.1) is 11.8 Å². The molecule has 1 N–H and O–H groups in total. The summed E-state index contributed by atoms with van der Waals surface area (Å²) in [5.74, 6) is 1.67. The lowest BCUT2D eigenvalue weighted by Crippen LogP contribution is -2.11. The smallest absolute Gasteiger partial charge is 0.167 e. The zero-order chi connectivity index (χ0) is 14.4. The van der Waals surface area contributed by atoms with Gasteiger partial charge < -0.3 is 14.6 Å². The Balaban J connectivity index is 2.03. The lowest BCUT2D eigenvalue weighted by molar-refractivity contribution is 0.217. The van der Waals surface area contributed by atoms with Gasteiger partial charge in [0.1, 0.15) is 5.75 Å². The molecular formula is C16H22N2O2. The molecule has 1 aromatic carbocycles. The first-order valence-electron chi connectivity index (χ1n) is 7.16. The molecule has 0 radical (unpaired) electrons. The number of aromatic nitrogens is 1. The van der Waals surface area contributed by atoms with E-state index < -0.39 is 0 Å². The van der Waals surface area contributed by atoms with E-state index in [-0.39, 0.29) is 6.10 Å². The van der Waals surface area contributed by atoms with Crippen molar-refractivity contribution in [1.82, 2.24) is 10.5 Å². The number of nitrogens with one attached hydrogen (secondary N) is 1. The van der Waals surface area contributed by atoms with Crippen LogP contribution in [0.15, 0.2) is 34.9 Å². The van der Waals surface area contributed by atoms with Crippen LogP contribution in [0.3, 0.4) is 0 Å². The molecular weight excluding hydrogens is 252 g/mol. The average Bonchev–Trinajstić information content (AvgIpc) is 2.94. The quantitative estimate of drug-likeness (QED) is 0.837. The van der Waals surface area contributed by atoms with Crippen LogP contribution in [0.2, 0.25) is 0 Å². The molecule has 1 aromatic heterocycles. The van der Waals surface area contributed by atoms with Crippen LogP contribution in [0.4, 0.5) is 0 Å². The highest BCUT2D eigenvalue weighted by Crippen LogP contribution is 2.23. The number of hydrogen-bond donors (Lipinski definition) is 1. The molecule has 0 aliphatic carbocycles. The van der Waals surface area contributed by atoms with Crippen LogP contribution >= 0.6 is 0 Å². The van der Waals surface area contributed by atoms with Gasteiger partial charge in [-0.05, 0) is 44.2 Å². The summed E-state index contributed by atoms with van der Waals surface area (Å²) in [5, 5.41) is 7.27. The first-order chi connectivity index (χ1) is 9.72. The molecule has 0 fully saturated rings. The Morgan fingerprint density at radius 1 is 1.25 bits per heavy atom. The molecule has 2 rings (SSSR count). The molecule has 1 unspecified atom stereocenters. The van der Waals surface area contributed by atoms with Gasteiger partial charge in [-0.25, -0.2) is 0 Å². The zero-order valence-electron chi connectivity index (χ0n) is 12.3. The minimum Gasteiger partial charge on any atom is -0.491 e. The van der Waals surface area contributed by atoms with Crippen LogP contribution in [-0.4, -0.2) is 17.8 Å². The predicted octanol–water partition coefficient (Wildman–Crippen LogP) is 3.63. The van der Waals surface area contributed by atoms with E-state index >= 15 is 0 Å². The second-order valence-corrected chi connectivity index (χ2v) is 4.82. The number of benzene rings is 1. The Morgan fingerprint density at radius 3 is 2.65 bits per heavy atom. The minimum absolute atomic E-state index is 0.234. The molecule has 0 saturated heterocycles. The highest BCUT2D eigenvalue weighted by atomic mass is 16.5.